The van der Waals surface area contributed by atoms with Crippen LogP contribution in [0.15, 0.2) is 48.2 Å². The molecule has 5 rings (SSSR count). The van der Waals surface area contributed by atoms with E-state index in [4.69, 9.17) is 4.74 Å². The molecule has 1 unspecified atom stereocenters. The third kappa shape index (κ3) is 3.73. The maximum absolute atomic E-state index is 14.8. The number of rotatable bonds is 5. The predicted octanol–water partition coefficient (Wildman–Crippen LogP) is 3.33. The van der Waals surface area contributed by atoms with Crippen molar-refractivity contribution < 1.29 is 27.9 Å². The maximum atomic E-state index is 14.8. The molecule has 0 aromatic heterocycles. The number of hydrazine groups is 1. The van der Waals surface area contributed by atoms with E-state index in [2.05, 4.69) is 5.32 Å². The lowest BCUT2D eigenvalue weighted by Crippen LogP contribution is -2.45. The molecular weight excluding hydrogens is 432 g/mol. The molecule has 2 aromatic rings. The summed E-state index contributed by atoms with van der Waals surface area (Å²) in [6.07, 6.45) is -0.286. The van der Waals surface area contributed by atoms with Crippen LogP contribution in [0, 0.1) is 17.6 Å². The summed E-state index contributed by atoms with van der Waals surface area (Å²) >= 11 is 0. The number of nitrogens with one attached hydrogen (secondary N) is 1. The van der Waals surface area contributed by atoms with Gasteiger partial charge in [0, 0.05) is 23.6 Å². The van der Waals surface area contributed by atoms with Crippen LogP contribution >= 0.6 is 0 Å². The van der Waals surface area contributed by atoms with Crippen LogP contribution in [0.3, 0.4) is 0 Å². The van der Waals surface area contributed by atoms with Gasteiger partial charge in [-0.25, -0.2) is 18.6 Å². The Morgan fingerprint density at radius 2 is 1.91 bits per heavy atom. The van der Waals surface area contributed by atoms with Crippen molar-refractivity contribution in [3.8, 4) is 0 Å². The van der Waals surface area contributed by atoms with Crippen molar-refractivity contribution >= 4 is 23.4 Å². The summed E-state index contributed by atoms with van der Waals surface area (Å²) in [4.78, 5) is 37.7. The summed E-state index contributed by atoms with van der Waals surface area (Å²) in [7, 11) is 0. The second-order valence-electron chi connectivity index (χ2n) is 8.30. The first kappa shape index (κ1) is 21.1. The molecule has 2 amide bonds. The Labute approximate surface area is 188 Å². The monoisotopic (exact) mass is 453 g/mol. The zero-order chi connectivity index (χ0) is 23.3. The third-order valence-electron chi connectivity index (χ3n) is 6.27. The Morgan fingerprint density at radius 1 is 1.15 bits per heavy atom. The number of ether oxygens (including phenoxy) is 1. The number of cyclic esters (lactones) is 1. The van der Waals surface area contributed by atoms with E-state index < -0.39 is 35.6 Å². The van der Waals surface area contributed by atoms with E-state index in [1.54, 1.807) is 19.1 Å². The Kier molecular flexibility index (Phi) is 5.11. The van der Waals surface area contributed by atoms with Crippen LogP contribution in [-0.2, 0) is 20.9 Å². The molecule has 170 valence electrons. The Morgan fingerprint density at radius 3 is 2.58 bits per heavy atom. The number of halogens is 2. The van der Waals surface area contributed by atoms with E-state index in [1.807, 2.05) is 0 Å². The number of carbonyl (C=O) groups is 3. The molecule has 0 spiro atoms. The molecule has 33 heavy (non-hydrogen) atoms. The number of carbonyl (C=O) groups excluding carboxylic acids is 3. The molecule has 0 bridgehead atoms. The van der Waals surface area contributed by atoms with Crippen LogP contribution in [0.1, 0.15) is 36.1 Å². The average molecular weight is 453 g/mol. The minimum Gasteiger partial charge on any atom is -0.446 e. The highest BCUT2D eigenvalue weighted by Gasteiger charge is 2.44. The largest absolute Gasteiger partial charge is 0.446 e. The van der Waals surface area contributed by atoms with Crippen molar-refractivity contribution in [1.82, 2.24) is 15.3 Å². The standard InChI is InChI=1S/C24H21F2N3O4/c1-13-21(23(31)27-22(17-11-20(17)30)14-4-2-5-15(25)10-14)16-6-3-7-19(26)18(16)12-29(13)28-8-9-33-24(28)32/h2-7,10,17,22H,8-9,11-12H2,1H3,(H,27,31)/t17?,22-/m1/s1. The number of ketones is 1. The second-order valence-corrected chi connectivity index (χ2v) is 8.30. The number of amides is 2. The number of benzene rings is 2. The van der Waals surface area contributed by atoms with Crippen molar-refractivity contribution in [2.75, 3.05) is 13.2 Å². The van der Waals surface area contributed by atoms with E-state index in [0.29, 0.717) is 16.8 Å². The van der Waals surface area contributed by atoms with Gasteiger partial charge in [-0.15, -0.1) is 0 Å². The molecular formula is C24H21F2N3O4. The fraction of sp³-hybridized carbons (Fsp3) is 0.292. The van der Waals surface area contributed by atoms with Crippen molar-refractivity contribution in [2.24, 2.45) is 5.92 Å². The molecule has 0 radical (unpaired) electrons. The molecule has 2 fully saturated rings. The fourth-order valence-electron chi connectivity index (χ4n) is 4.49. The van der Waals surface area contributed by atoms with Crippen LogP contribution < -0.4 is 5.32 Å². The Hall–Kier alpha value is -3.75. The predicted molar refractivity (Wildman–Crippen MR) is 113 cm³/mol. The van der Waals surface area contributed by atoms with Gasteiger partial charge in [-0.3, -0.25) is 14.6 Å². The van der Waals surface area contributed by atoms with Gasteiger partial charge in [0.1, 0.15) is 24.0 Å². The van der Waals surface area contributed by atoms with E-state index >= 15 is 0 Å². The van der Waals surface area contributed by atoms with Crippen molar-refractivity contribution in [1.29, 1.82) is 0 Å². The molecule has 1 aliphatic carbocycles. The number of hydrogen-bond acceptors (Lipinski definition) is 5. The van der Waals surface area contributed by atoms with Crippen molar-refractivity contribution in [3.63, 3.8) is 0 Å². The van der Waals surface area contributed by atoms with Crippen LogP contribution in [0.5, 0.6) is 0 Å². The summed E-state index contributed by atoms with van der Waals surface area (Å²) in [5.41, 5.74) is 1.80. The van der Waals surface area contributed by atoms with E-state index in [-0.39, 0.29) is 43.0 Å². The van der Waals surface area contributed by atoms with E-state index in [9.17, 15) is 23.2 Å². The lowest BCUT2D eigenvalue weighted by atomic mass is 9.92. The molecule has 9 heteroatoms. The minimum absolute atomic E-state index is 0.0215. The summed E-state index contributed by atoms with van der Waals surface area (Å²) < 4.78 is 33.6. The molecule has 2 heterocycles. The normalized spacial score (nSPS) is 20.5. The number of hydrogen-bond donors (Lipinski definition) is 1. The number of Topliss-reactive ketones (excluding diaryl/α,β-unsaturated/α-hetero) is 1. The van der Waals surface area contributed by atoms with Gasteiger partial charge in [-0.2, -0.15) is 0 Å². The number of nitrogens with zero attached hydrogens (tertiary/aromatic N) is 2. The van der Waals surface area contributed by atoms with E-state index in [1.165, 1.54) is 40.3 Å². The Balaban J connectivity index is 1.54. The van der Waals surface area contributed by atoms with Crippen molar-refractivity contribution in [2.45, 2.75) is 25.9 Å². The first-order valence-corrected chi connectivity index (χ1v) is 10.6. The molecule has 1 saturated heterocycles. The van der Waals surface area contributed by atoms with Gasteiger partial charge >= 0.3 is 6.09 Å². The van der Waals surface area contributed by atoms with Crippen LogP contribution in [0.25, 0.3) is 5.57 Å². The third-order valence-corrected chi connectivity index (χ3v) is 6.27. The van der Waals surface area contributed by atoms with E-state index in [0.717, 1.165) is 0 Å². The van der Waals surface area contributed by atoms with Gasteiger partial charge in [-0.05, 0) is 36.2 Å². The van der Waals surface area contributed by atoms with Crippen LogP contribution in [-0.4, -0.2) is 41.0 Å². The number of allylic oxidation sites excluding steroid dienone is 1. The van der Waals surface area contributed by atoms with Gasteiger partial charge in [0.15, 0.2) is 0 Å². The van der Waals surface area contributed by atoms with Crippen molar-refractivity contribution in [3.05, 3.63) is 76.5 Å². The lowest BCUT2D eigenvalue weighted by molar-refractivity contribution is -0.117. The van der Waals surface area contributed by atoms with Gasteiger partial charge in [0.2, 0.25) is 0 Å². The quantitative estimate of drug-likeness (QED) is 0.752. The molecule has 2 aromatic carbocycles. The summed E-state index contributed by atoms with van der Waals surface area (Å²) in [6, 6.07) is 9.50. The maximum Gasteiger partial charge on any atom is 0.428 e. The summed E-state index contributed by atoms with van der Waals surface area (Å²) in [5.74, 6) is -1.98. The molecule has 3 aliphatic rings. The highest BCUT2D eigenvalue weighted by molar-refractivity contribution is 6.21. The highest BCUT2D eigenvalue weighted by atomic mass is 19.1. The van der Waals surface area contributed by atoms with Gasteiger partial charge in [0.25, 0.3) is 5.91 Å². The molecule has 2 aliphatic heterocycles. The zero-order valence-corrected chi connectivity index (χ0v) is 17.8. The smallest absolute Gasteiger partial charge is 0.428 e. The van der Waals surface area contributed by atoms with Gasteiger partial charge in [-0.1, -0.05) is 24.3 Å². The van der Waals surface area contributed by atoms with Crippen LogP contribution in [0.4, 0.5) is 13.6 Å². The summed E-state index contributed by atoms with van der Waals surface area (Å²) in [6.45, 7) is 2.21. The SMILES string of the molecule is CC1=C(C(=O)N[C@H](c2cccc(F)c2)C2CC2=O)c2cccc(F)c2CN1N1CCOC1=O. The van der Waals surface area contributed by atoms with Crippen LogP contribution in [0.2, 0.25) is 0 Å². The Bertz CT molecular complexity index is 1210. The minimum atomic E-state index is -0.717. The molecule has 2 atom stereocenters. The zero-order valence-electron chi connectivity index (χ0n) is 17.8. The fourth-order valence-corrected chi connectivity index (χ4v) is 4.49. The topological polar surface area (TPSA) is 79.0 Å². The van der Waals surface area contributed by atoms with Gasteiger partial charge in [0.05, 0.1) is 24.7 Å². The summed E-state index contributed by atoms with van der Waals surface area (Å²) in [5, 5.41) is 5.74. The number of fused-ring (bicyclic) bond motifs is 1. The highest BCUT2D eigenvalue weighted by Crippen LogP contribution is 2.40. The second kappa shape index (κ2) is 7.99. The molecule has 7 nitrogen and oxygen atoms in total. The average Bonchev–Trinajstić information content (AvgIpc) is 3.35. The molecule has 1 N–H and O–H groups in total. The molecule has 1 saturated carbocycles. The van der Waals surface area contributed by atoms with Gasteiger partial charge < -0.3 is 10.1 Å². The first-order chi connectivity index (χ1) is 15.8. The first-order valence-electron chi connectivity index (χ1n) is 10.6. The lowest BCUT2D eigenvalue weighted by Gasteiger charge is -2.37.